The summed E-state index contributed by atoms with van der Waals surface area (Å²) in [6, 6.07) is 8.98. The van der Waals surface area contributed by atoms with E-state index in [2.05, 4.69) is 20.5 Å². The van der Waals surface area contributed by atoms with Crippen molar-refractivity contribution in [2.24, 2.45) is 5.11 Å². The fourth-order valence-corrected chi connectivity index (χ4v) is 1.60. The summed E-state index contributed by atoms with van der Waals surface area (Å²) in [5.41, 5.74) is 10.5. The molecule has 7 heteroatoms. The Morgan fingerprint density at radius 3 is 2.85 bits per heavy atom. The van der Waals surface area contributed by atoms with Crippen LogP contribution in [0.3, 0.4) is 0 Å². The van der Waals surface area contributed by atoms with E-state index in [4.69, 9.17) is 10.1 Å². The average Bonchev–Trinajstić information content (AvgIpc) is 2.94. The SMILES string of the molecule is CCC(=O)Nc1ccc(-c2cc(CN=[N+]=[N-])on2)cc1. The van der Waals surface area contributed by atoms with Crippen LogP contribution in [0.25, 0.3) is 21.7 Å². The van der Waals surface area contributed by atoms with E-state index < -0.39 is 0 Å². The first-order valence-electron chi connectivity index (χ1n) is 6.09. The molecule has 0 aliphatic carbocycles. The summed E-state index contributed by atoms with van der Waals surface area (Å²) in [6.45, 7) is 1.93. The average molecular weight is 271 g/mol. The number of rotatable bonds is 5. The Balaban J connectivity index is 2.11. The Morgan fingerprint density at radius 2 is 2.20 bits per heavy atom. The summed E-state index contributed by atoms with van der Waals surface area (Å²) in [5.74, 6) is 0.469. The zero-order chi connectivity index (χ0) is 14.4. The van der Waals surface area contributed by atoms with Gasteiger partial charge in [-0.3, -0.25) is 4.79 Å². The van der Waals surface area contributed by atoms with Crippen LogP contribution in [0.5, 0.6) is 0 Å². The standard InChI is InChI=1S/C13H13N5O2/c1-2-13(19)16-10-5-3-9(4-6-10)12-7-11(20-17-12)8-15-18-14/h3-7H,2,8H2,1H3,(H,16,19). The lowest BCUT2D eigenvalue weighted by molar-refractivity contribution is -0.115. The van der Waals surface area contributed by atoms with Crippen molar-refractivity contribution in [1.82, 2.24) is 5.16 Å². The molecule has 0 saturated heterocycles. The third-order valence-electron chi connectivity index (χ3n) is 2.63. The van der Waals surface area contributed by atoms with Gasteiger partial charge in [-0.1, -0.05) is 29.3 Å². The van der Waals surface area contributed by atoms with Crippen LogP contribution in [0.15, 0.2) is 40.0 Å². The smallest absolute Gasteiger partial charge is 0.224 e. The Bertz CT molecular complexity index is 641. The van der Waals surface area contributed by atoms with Crippen LogP contribution in [-0.2, 0) is 11.3 Å². The van der Waals surface area contributed by atoms with Crippen molar-refractivity contribution in [3.63, 3.8) is 0 Å². The minimum absolute atomic E-state index is 0.0316. The fraction of sp³-hybridized carbons (Fsp3) is 0.231. The molecule has 0 unspecified atom stereocenters. The molecule has 1 N–H and O–H groups in total. The van der Waals surface area contributed by atoms with Crippen molar-refractivity contribution < 1.29 is 9.32 Å². The minimum Gasteiger partial charge on any atom is -0.361 e. The van der Waals surface area contributed by atoms with E-state index in [-0.39, 0.29) is 12.5 Å². The van der Waals surface area contributed by atoms with Gasteiger partial charge in [0.2, 0.25) is 5.91 Å². The molecule has 1 aromatic carbocycles. The van der Waals surface area contributed by atoms with Gasteiger partial charge in [-0.25, -0.2) is 0 Å². The molecule has 0 spiro atoms. The van der Waals surface area contributed by atoms with Crippen LogP contribution in [0, 0.1) is 0 Å². The summed E-state index contributed by atoms with van der Waals surface area (Å²) < 4.78 is 5.05. The van der Waals surface area contributed by atoms with Crippen LogP contribution in [0.4, 0.5) is 5.69 Å². The molecule has 2 aromatic rings. The van der Waals surface area contributed by atoms with Crippen molar-refractivity contribution >= 4 is 11.6 Å². The van der Waals surface area contributed by atoms with Crippen molar-refractivity contribution in [3.8, 4) is 11.3 Å². The lowest BCUT2D eigenvalue weighted by atomic mass is 10.1. The second kappa shape index (κ2) is 6.40. The van der Waals surface area contributed by atoms with Gasteiger partial charge in [0, 0.05) is 28.6 Å². The number of aromatic nitrogens is 1. The number of hydrogen-bond donors (Lipinski definition) is 1. The first-order valence-corrected chi connectivity index (χ1v) is 6.09. The van der Waals surface area contributed by atoms with E-state index >= 15 is 0 Å². The molecule has 2 rings (SSSR count). The van der Waals surface area contributed by atoms with Crippen molar-refractivity contribution in [2.45, 2.75) is 19.9 Å². The molecule has 0 saturated carbocycles. The second-order valence-corrected chi connectivity index (χ2v) is 4.05. The number of carbonyl (C=O) groups is 1. The third-order valence-corrected chi connectivity index (χ3v) is 2.63. The van der Waals surface area contributed by atoms with E-state index in [9.17, 15) is 4.79 Å². The molecule has 0 bridgehead atoms. The Kier molecular flexibility index (Phi) is 4.36. The summed E-state index contributed by atoms with van der Waals surface area (Å²) in [5, 5.41) is 10.1. The molecule has 0 fully saturated rings. The highest BCUT2D eigenvalue weighted by Crippen LogP contribution is 2.21. The van der Waals surface area contributed by atoms with Crippen LogP contribution >= 0.6 is 0 Å². The van der Waals surface area contributed by atoms with Crippen LogP contribution < -0.4 is 5.32 Å². The summed E-state index contributed by atoms with van der Waals surface area (Å²) in [7, 11) is 0. The number of hydrogen-bond acceptors (Lipinski definition) is 4. The van der Waals surface area contributed by atoms with Crippen LogP contribution in [0.1, 0.15) is 19.1 Å². The highest BCUT2D eigenvalue weighted by Gasteiger charge is 2.06. The first kappa shape index (κ1) is 13.6. The number of anilines is 1. The summed E-state index contributed by atoms with van der Waals surface area (Å²) >= 11 is 0. The molecule has 0 atom stereocenters. The van der Waals surface area contributed by atoms with Crippen molar-refractivity contribution in [1.29, 1.82) is 0 Å². The Hall–Kier alpha value is -2.79. The molecule has 0 aliphatic heterocycles. The first-order chi connectivity index (χ1) is 9.72. The number of nitrogens with one attached hydrogen (secondary N) is 1. The molecule has 20 heavy (non-hydrogen) atoms. The molecule has 1 aromatic heterocycles. The van der Waals surface area contributed by atoms with Gasteiger partial charge in [-0.2, -0.15) is 0 Å². The predicted molar refractivity (Wildman–Crippen MR) is 73.7 cm³/mol. The monoisotopic (exact) mass is 271 g/mol. The van der Waals surface area contributed by atoms with E-state index in [0.717, 1.165) is 11.3 Å². The fourth-order valence-electron chi connectivity index (χ4n) is 1.60. The predicted octanol–water partition coefficient (Wildman–Crippen LogP) is 3.50. The van der Waals surface area contributed by atoms with Gasteiger partial charge in [0.25, 0.3) is 0 Å². The van der Waals surface area contributed by atoms with Crippen molar-refractivity contribution in [2.75, 3.05) is 5.32 Å². The van der Waals surface area contributed by atoms with Gasteiger partial charge >= 0.3 is 0 Å². The quantitative estimate of drug-likeness (QED) is 0.511. The number of benzene rings is 1. The number of nitrogens with zero attached hydrogens (tertiary/aromatic N) is 4. The maximum atomic E-state index is 11.3. The van der Waals surface area contributed by atoms with Gasteiger partial charge in [-0.05, 0) is 17.7 Å². The van der Waals surface area contributed by atoms with Crippen LogP contribution in [0.2, 0.25) is 0 Å². The van der Waals surface area contributed by atoms with Gasteiger partial charge in [0.15, 0.2) is 0 Å². The van der Waals surface area contributed by atoms with Gasteiger partial charge < -0.3 is 9.84 Å². The van der Waals surface area contributed by atoms with Gasteiger partial charge in [0.1, 0.15) is 11.5 Å². The molecular weight excluding hydrogens is 258 g/mol. The van der Waals surface area contributed by atoms with E-state index in [1.54, 1.807) is 25.1 Å². The summed E-state index contributed by atoms with van der Waals surface area (Å²) in [6.07, 6.45) is 0.438. The number of azide groups is 1. The highest BCUT2D eigenvalue weighted by molar-refractivity contribution is 5.90. The van der Waals surface area contributed by atoms with E-state index in [1.165, 1.54) is 0 Å². The molecule has 7 nitrogen and oxygen atoms in total. The number of carbonyl (C=O) groups excluding carboxylic acids is 1. The Morgan fingerprint density at radius 1 is 1.45 bits per heavy atom. The molecule has 1 heterocycles. The molecule has 0 radical (unpaired) electrons. The maximum absolute atomic E-state index is 11.3. The van der Waals surface area contributed by atoms with Crippen LogP contribution in [-0.4, -0.2) is 11.1 Å². The van der Waals surface area contributed by atoms with Crippen molar-refractivity contribution in [3.05, 3.63) is 46.5 Å². The normalized spacial score (nSPS) is 9.85. The lowest BCUT2D eigenvalue weighted by Crippen LogP contribution is -2.08. The second-order valence-electron chi connectivity index (χ2n) is 4.05. The van der Waals surface area contributed by atoms with E-state index in [0.29, 0.717) is 17.9 Å². The van der Waals surface area contributed by atoms with E-state index in [1.807, 2.05) is 12.1 Å². The third kappa shape index (κ3) is 3.37. The topological polar surface area (TPSA) is 104 Å². The molecule has 0 aliphatic rings. The zero-order valence-corrected chi connectivity index (χ0v) is 10.9. The lowest BCUT2D eigenvalue weighted by Gasteiger charge is -2.03. The maximum Gasteiger partial charge on any atom is 0.224 e. The Labute approximate surface area is 115 Å². The highest BCUT2D eigenvalue weighted by atomic mass is 16.5. The minimum atomic E-state index is -0.0316. The molecule has 102 valence electrons. The largest absolute Gasteiger partial charge is 0.361 e. The van der Waals surface area contributed by atoms with Gasteiger partial charge in [-0.15, -0.1) is 0 Å². The zero-order valence-electron chi connectivity index (χ0n) is 10.9. The molecule has 1 amide bonds. The summed E-state index contributed by atoms with van der Waals surface area (Å²) in [4.78, 5) is 13.9. The molecular formula is C13H13N5O2. The number of amides is 1. The van der Waals surface area contributed by atoms with Gasteiger partial charge in [0.05, 0.1) is 6.54 Å².